The molecule has 0 amide bonds. The van der Waals surface area contributed by atoms with E-state index in [1.54, 1.807) is 6.92 Å². The summed E-state index contributed by atoms with van der Waals surface area (Å²) in [5.74, 6) is 0. The molecule has 1 rings (SSSR count). The van der Waals surface area contributed by atoms with Gasteiger partial charge in [0.05, 0.1) is 12.0 Å². The minimum absolute atomic E-state index is 0.0912. The van der Waals surface area contributed by atoms with Crippen LogP contribution in [-0.2, 0) is 5.41 Å². The molecular weight excluding hydrogens is 166 g/mol. The Morgan fingerprint density at radius 1 is 1.62 bits per heavy atom. The van der Waals surface area contributed by atoms with Crippen molar-refractivity contribution in [2.24, 2.45) is 5.73 Å². The van der Waals surface area contributed by atoms with E-state index < -0.39 is 0 Å². The predicted molar refractivity (Wildman–Crippen MR) is 51.7 cm³/mol. The lowest BCUT2D eigenvalue weighted by atomic mass is 9.87. The molecule has 13 heavy (non-hydrogen) atoms. The molecule has 0 aliphatic carbocycles. The first-order valence-corrected chi connectivity index (χ1v) is 4.24. The molecule has 0 spiro atoms. The van der Waals surface area contributed by atoms with Gasteiger partial charge in [0.25, 0.3) is 5.56 Å². The molecule has 0 saturated heterocycles. The SMILES string of the molecule is Cc1c(C(C)(C)CN)nc[nH]c1=O. The predicted octanol–water partition coefficient (Wildman–Crippen LogP) is 0.315. The van der Waals surface area contributed by atoms with E-state index in [0.29, 0.717) is 12.1 Å². The number of hydrogen-bond acceptors (Lipinski definition) is 3. The zero-order chi connectivity index (χ0) is 10.1. The van der Waals surface area contributed by atoms with Gasteiger partial charge in [0.2, 0.25) is 0 Å². The zero-order valence-electron chi connectivity index (χ0n) is 8.22. The standard InChI is InChI=1S/C9H15N3O/c1-6-7(9(2,3)4-10)11-5-12-8(6)13/h5H,4,10H2,1-3H3,(H,11,12,13). The van der Waals surface area contributed by atoms with E-state index in [9.17, 15) is 4.79 Å². The first-order valence-electron chi connectivity index (χ1n) is 4.24. The summed E-state index contributed by atoms with van der Waals surface area (Å²) in [6.07, 6.45) is 1.42. The minimum Gasteiger partial charge on any atom is -0.330 e. The van der Waals surface area contributed by atoms with Gasteiger partial charge in [-0.2, -0.15) is 0 Å². The highest BCUT2D eigenvalue weighted by Crippen LogP contribution is 2.19. The second-order valence-corrected chi connectivity index (χ2v) is 3.79. The molecule has 0 saturated carbocycles. The van der Waals surface area contributed by atoms with Gasteiger partial charge < -0.3 is 10.7 Å². The quantitative estimate of drug-likeness (QED) is 0.690. The Kier molecular flexibility index (Phi) is 2.52. The van der Waals surface area contributed by atoms with Crippen molar-refractivity contribution in [3.05, 3.63) is 27.9 Å². The Morgan fingerprint density at radius 2 is 2.23 bits per heavy atom. The van der Waals surface area contributed by atoms with Crippen LogP contribution in [0.15, 0.2) is 11.1 Å². The number of nitrogens with zero attached hydrogens (tertiary/aromatic N) is 1. The van der Waals surface area contributed by atoms with Crippen molar-refractivity contribution in [3.63, 3.8) is 0 Å². The summed E-state index contributed by atoms with van der Waals surface area (Å²) in [5.41, 5.74) is 6.70. The normalized spacial score (nSPS) is 11.7. The van der Waals surface area contributed by atoms with Crippen LogP contribution in [0.2, 0.25) is 0 Å². The number of H-pyrrole nitrogens is 1. The van der Waals surface area contributed by atoms with Crippen molar-refractivity contribution >= 4 is 0 Å². The van der Waals surface area contributed by atoms with Crippen molar-refractivity contribution < 1.29 is 0 Å². The van der Waals surface area contributed by atoms with Gasteiger partial charge in [0.15, 0.2) is 0 Å². The van der Waals surface area contributed by atoms with E-state index in [0.717, 1.165) is 5.69 Å². The first-order chi connectivity index (χ1) is 5.99. The molecule has 0 atom stereocenters. The van der Waals surface area contributed by atoms with Crippen LogP contribution in [-0.4, -0.2) is 16.5 Å². The van der Waals surface area contributed by atoms with Crippen LogP contribution >= 0.6 is 0 Å². The van der Waals surface area contributed by atoms with E-state index in [-0.39, 0.29) is 11.0 Å². The van der Waals surface area contributed by atoms with Crippen LogP contribution in [0, 0.1) is 6.92 Å². The van der Waals surface area contributed by atoms with E-state index in [1.807, 2.05) is 13.8 Å². The maximum Gasteiger partial charge on any atom is 0.253 e. The molecule has 0 aromatic carbocycles. The Labute approximate surface area is 77.2 Å². The van der Waals surface area contributed by atoms with Crippen molar-refractivity contribution in [1.82, 2.24) is 9.97 Å². The molecule has 0 unspecified atom stereocenters. The van der Waals surface area contributed by atoms with Crippen molar-refractivity contribution in [1.29, 1.82) is 0 Å². The molecule has 0 radical (unpaired) electrons. The lowest BCUT2D eigenvalue weighted by molar-refractivity contribution is 0.515. The molecule has 1 heterocycles. The van der Waals surface area contributed by atoms with Crippen LogP contribution in [0.1, 0.15) is 25.1 Å². The highest BCUT2D eigenvalue weighted by atomic mass is 16.1. The van der Waals surface area contributed by atoms with Gasteiger partial charge in [0.1, 0.15) is 0 Å². The summed E-state index contributed by atoms with van der Waals surface area (Å²) >= 11 is 0. The van der Waals surface area contributed by atoms with Gasteiger partial charge in [-0.3, -0.25) is 4.79 Å². The van der Waals surface area contributed by atoms with Gasteiger partial charge in [-0.1, -0.05) is 13.8 Å². The zero-order valence-corrected chi connectivity index (χ0v) is 8.22. The monoisotopic (exact) mass is 181 g/mol. The molecule has 4 nitrogen and oxygen atoms in total. The molecule has 4 heteroatoms. The van der Waals surface area contributed by atoms with Crippen molar-refractivity contribution in [2.45, 2.75) is 26.2 Å². The lowest BCUT2D eigenvalue weighted by Gasteiger charge is -2.22. The van der Waals surface area contributed by atoms with Gasteiger partial charge >= 0.3 is 0 Å². The molecule has 0 aliphatic heterocycles. The first kappa shape index (κ1) is 9.92. The molecular formula is C9H15N3O. The largest absolute Gasteiger partial charge is 0.330 e. The second kappa shape index (κ2) is 3.30. The Hall–Kier alpha value is -1.16. The number of aromatic amines is 1. The van der Waals surface area contributed by atoms with Crippen LogP contribution in [0.5, 0.6) is 0 Å². The Balaban J connectivity index is 3.31. The number of hydrogen-bond donors (Lipinski definition) is 2. The van der Waals surface area contributed by atoms with Gasteiger partial charge in [-0.15, -0.1) is 0 Å². The fourth-order valence-electron chi connectivity index (χ4n) is 1.25. The molecule has 0 fully saturated rings. The van der Waals surface area contributed by atoms with Crippen LogP contribution in [0.3, 0.4) is 0 Å². The van der Waals surface area contributed by atoms with Gasteiger partial charge in [-0.25, -0.2) is 4.98 Å². The van der Waals surface area contributed by atoms with Gasteiger partial charge in [0, 0.05) is 17.5 Å². The maximum absolute atomic E-state index is 11.3. The van der Waals surface area contributed by atoms with Crippen molar-refractivity contribution in [2.75, 3.05) is 6.54 Å². The van der Waals surface area contributed by atoms with Crippen LogP contribution < -0.4 is 11.3 Å². The van der Waals surface area contributed by atoms with E-state index in [1.165, 1.54) is 6.33 Å². The number of nitrogens with one attached hydrogen (secondary N) is 1. The molecule has 1 aromatic heterocycles. The third kappa shape index (κ3) is 1.78. The molecule has 1 aromatic rings. The molecule has 0 aliphatic rings. The number of aromatic nitrogens is 2. The summed E-state index contributed by atoms with van der Waals surface area (Å²) in [7, 11) is 0. The minimum atomic E-state index is -0.238. The van der Waals surface area contributed by atoms with Crippen LogP contribution in [0.4, 0.5) is 0 Å². The summed E-state index contributed by atoms with van der Waals surface area (Å²) in [5, 5.41) is 0. The Bertz CT molecular complexity index is 354. The fraction of sp³-hybridized carbons (Fsp3) is 0.556. The second-order valence-electron chi connectivity index (χ2n) is 3.79. The number of rotatable bonds is 2. The molecule has 72 valence electrons. The average molecular weight is 181 g/mol. The van der Waals surface area contributed by atoms with Crippen molar-refractivity contribution in [3.8, 4) is 0 Å². The summed E-state index contributed by atoms with van der Waals surface area (Å²) in [6, 6.07) is 0. The summed E-state index contributed by atoms with van der Waals surface area (Å²) < 4.78 is 0. The third-order valence-corrected chi connectivity index (χ3v) is 2.24. The lowest BCUT2D eigenvalue weighted by Crippen LogP contribution is -2.32. The molecule has 3 N–H and O–H groups in total. The highest BCUT2D eigenvalue weighted by molar-refractivity contribution is 5.22. The maximum atomic E-state index is 11.3. The van der Waals surface area contributed by atoms with E-state index in [2.05, 4.69) is 9.97 Å². The summed E-state index contributed by atoms with van der Waals surface area (Å²) in [6.45, 7) is 6.19. The number of nitrogens with two attached hydrogens (primary N) is 1. The molecule has 0 bridgehead atoms. The summed E-state index contributed by atoms with van der Waals surface area (Å²) in [4.78, 5) is 17.9. The third-order valence-electron chi connectivity index (χ3n) is 2.24. The topological polar surface area (TPSA) is 71.8 Å². The average Bonchev–Trinajstić information content (AvgIpc) is 2.09. The van der Waals surface area contributed by atoms with Gasteiger partial charge in [-0.05, 0) is 6.92 Å². The fourth-order valence-corrected chi connectivity index (χ4v) is 1.25. The highest BCUT2D eigenvalue weighted by Gasteiger charge is 2.23. The smallest absolute Gasteiger partial charge is 0.253 e. The Morgan fingerprint density at radius 3 is 2.77 bits per heavy atom. The van der Waals surface area contributed by atoms with Crippen LogP contribution in [0.25, 0.3) is 0 Å². The van der Waals surface area contributed by atoms with E-state index >= 15 is 0 Å². The van der Waals surface area contributed by atoms with E-state index in [4.69, 9.17) is 5.73 Å².